The average molecular weight is 641 g/mol. The maximum atomic E-state index is 12.0. The number of hydrogen-bond donors (Lipinski definition) is 8. The summed E-state index contributed by atoms with van der Waals surface area (Å²) in [5, 5.41) is 23.4. The fraction of sp³-hybridized carbons (Fsp3) is 0.760. The number of amides is 5. The van der Waals surface area contributed by atoms with Crippen molar-refractivity contribution in [2.75, 3.05) is 86.5 Å². The van der Waals surface area contributed by atoms with Crippen molar-refractivity contribution in [1.82, 2.24) is 26.6 Å². The molecule has 0 heterocycles. The van der Waals surface area contributed by atoms with Crippen LogP contribution in [0.3, 0.4) is 0 Å². The second-order valence-corrected chi connectivity index (χ2v) is 12.4. The van der Waals surface area contributed by atoms with E-state index >= 15 is 0 Å². The summed E-state index contributed by atoms with van der Waals surface area (Å²) >= 11 is 8.04. The van der Waals surface area contributed by atoms with Crippen molar-refractivity contribution >= 4 is 60.8 Å². The van der Waals surface area contributed by atoms with Gasteiger partial charge in [-0.05, 0) is 0 Å². The lowest BCUT2D eigenvalue weighted by atomic mass is 10.1. The van der Waals surface area contributed by atoms with Crippen LogP contribution in [0.4, 0.5) is 0 Å². The number of thiol groups is 2. The van der Waals surface area contributed by atoms with Gasteiger partial charge in [0.1, 0.15) is 18.1 Å². The third kappa shape index (κ3) is 24.0. The number of aliphatic carboxylic acids is 1. The highest BCUT2D eigenvalue weighted by Gasteiger charge is 2.21. The van der Waals surface area contributed by atoms with Gasteiger partial charge in [0.05, 0.1) is 81.0 Å². The molecule has 42 heavy (non-hydrogen) atoms. The molecule has 0 aromatic heterocycles. The Morgan fingerprint density at radius 1 is 0.738 bits per heavy atom. The number of quaternary nitrogens is 3. The minimum atomic E-state index is -1.34. The molecule has 3 atom stereocenters. The lowest BCUT2D eigenvalue weighted by Gasteiger charge is -2.24. The molecule has 0 aromatic rings. The fourth-order valence-corrected chi connectivity index (χ4v) is 3.36. The fourth-order valence-electron chi connectivity index (χ4n) is 2.84. The molecule has 0 radical (unpaired) electrons. The van der Waals surface area contributed by atoms with Crippen LogP contribution in [-0.2, 0) is 28.8 Å². The highest BCUT2D eigenvalue weighted by Crippen LogP contribution is 1.96. The second kappa shape index (κ2) is 21.1. The van der Waals surface area contributed by atoms with Gasteiger partial charge < -0.3 is 51.2 Å². The second-order valence-electron chi connectivity index (χ2n) is 11.7. The van der Waals surface area contributed by atoms with E-state index in [0.29, 0.717) is 23.3 Å². The number of likely N-dealkylation sites (N-methyl/N-ethyl adjacent to an activating group) is 2. The zero-order valence-electron chi connectivity index (χ0n) is 25.9. The SMILES string of the molecule is CC(=O)NC(CS)C(=O)NCC[N+](C)(C)C.C[N+](C)(C)CCNC(=O)CNC(=O)[C@H](CS)NC(=O)CC[C@H]([NH3+])C(=O)[O-]. The van der Waals surface area contributed by atoms with Crippen LogP contribution < -0.4 is 37.4 Å². The predicted octanol–water partition coefficient (Wildman–Crippen LogP) is -5.28. The number of nitrogens with one attached hydrogen (secondary N) is 5. The van der Waals surface area contributed by atoms with Crippen molar-refractivity contribution in [3.63, 3.8) is 0 Å². The molecule has 0 rings (SSSR count). The van der Waals surface area contributed by atoms with E-state index in [9.17, 15) is 33.9 Å². The van der Waals surface area contributed by atoms with Gasteiger partial charge in [-0.2, -0.15) is 25.3 Å². The average Bonchev–Trinajstić information content (AvgIpc) is 2.86. The predicted molar refractivity (Wildman–Crippen MR) is 163 cm³/mol. The van der Waals surface area contributed by atoms with Crippen LogP contribution in [-0.4, -0.2) is 149 Å². The molecular weight excluding hydrogens is 588 g/mol. The van der Waals surface area contributed by atoms with E-state index < -0.39 is 35.9 Å². The summed E-state index contributed by atoms with van der Waals surface area (Å²) in [6, 6.07) is -2.47. The Balaban J connectivity index is 0. The Labute approximate surface area is 260 Å². The highest BCUT2D eigenvalue weighted by molar-refractivity contribution is 7.80. The summed E-state index contributed by atoms with van der Waals surface area (Å²) in [6.45, 7) is 3.83. The molecular formula is C25H52N8O7S2+2. The standard InChI is InChI=1S/C15H29N5O5S.C10H21N3O2S/c1-20(2,3)7-6-17-13(22)8-18-14(23)11(9-26)19-12(21)5-4-10(16)15(24)25;1-8(14)12-9(7-16)10(15)11-5-6-13(2,3)4/h10-11H,4-9,16H2,1-3H3,(H4-,17,18,19,21,22,23,24,25,26);9H,5-7H2,1-4H3,(H2-,11,12,14,15,16)/p+2/t10-,11-;/m0./s1. The van der Waals surface area contributed by atoms with E-state index in [1.807, 2.05) is 21.1 Å². The largest absolute Gasteiger partial charge is 0.544 e. The summed E-state index contributed by atoms with van der Waals surface area (Å²) in [4.78, 5) is 68.5. The van der Waals surface area contributed by atoms with Crippen LogP contribution in [0.25, 0.3) is 0 Å². The Morgan fingerprint density at radius 2 is 1.19 bits per heavy atom. The Bertz CT molecular complexity index is 895. The van der Waals surface area contributed by atoms with E-state index in [4.69, 9.17) is 0 Å². The van der Waals surface area contributed by atoms with Gasteiger partial charge in [-0.25, -0.2) is 0 Å². The number of carboxylic acid groups (broad SMARTS) is 1. The molecule has 0 aliphatic carbocycles. The van der Waals surface area contributed by atoms with E-state index in [2.05, 4.69) is 78.7 Å². The molecule has 0 saturated carbocycles. The molecule has 17 heteroatoms. The normalized spacial score (nSPS) is 13.3. The van der Waals surface area contributed by atoms with E-state index in [1.54, 1.807) is 0 Å². The monoisotopic (exact) mass is 640 g/mol. The molecule has 0 bridgehead atoms. The molecule has 5 amide bonds. The van der Waals surface area contributed by atoms with Gasteiger partial charge in [-0.15, -0.1) is 0 Å². The third-order valence-electron chi connectivity index (χ3n) is 5.37. The van der Waals surface area contributed by atoms with Crippen molar-refractivity contribution in [1.29, 1.82) is 0 Å². The Hall–Kier alpha value is -2.60. The lowest BCUT2D eigenvalue weighted by molar-refractivity contribution is -0.869. The molecule has 0 aliphatic heterocycles. The van der Waals surface area contributed by atoms with Crippen LogP contribution in [0.5, 0.6) is 0 Å². The molecule has 1 unspecified atom stereocenters. The first kappa shape index (κ1) is 41.5. The van der Waals surface area contributed by atoms with Gasteiger partial charge in [0.25, 0.3) is 0 Å². The zero-order valence-corrected chi connectivity index (χ0v) is 27.7. The lowest BCUT2D eigenvalue weighted by Crippen LogP contribution is -2.68. The van der Waals surface area contributed by atoms with E-state index in [0.717, 1.165) is 17.6 Å². The summed E-state index contributed by atoms with van der Waals surface area (Å²) in [5.74, 6) is -2.77. The number of hydrogen-bond acceptors (Lipinski definition) is 9. The summed E-state index contributed by atoms with van der Waals surface area (Å²) in [6.07, 6.45) is -0.102. The zero-order chi connectivity index (χ0) is 33.1. The molecule has 0 aromatic carbocycles. The first-order chi connectivity index (χ1) is 19.2. The summed E-state index contributed by atoms with van der Waals surface area (Å²) < 4.78 is 1.48. The van der Waals surface area contributed by atoms with Gasteiger partial charge in [-0.1, -0.05) is 0 Å². The molecule has 0 saturated heterocycles. The van der Waals surface area contributed by atoms with Crippen molar-refractivity contribution in [3.05, 3.63) is 0 Å². The van der Waals surface area contributed by atoms with Gasteiger partial charge in [-0.3, -0.25) is 24.0 Å². The Morgan fingerprint density at radius 3 is 1.62 bits per heavy atom. The van der Waals surface area contributed by atoms with E-state index in [-0.39, 0.29) is 42.9 Å². The summed E-state index contributed by atoms with van der Waals surface area (Å²) in [5.41, 5.74) is 3.35. The Kier molecular flexibility index (Phi) is 20.9. The minimum Gasteiger partial charge on any atom is -0.544 e. The number of carbonyl (C=O) groups is 6. The quantitative estimate of drug-likeness (QED) is 0.0538. The van der Waals surface area contributed by atoms with Gasteiger partial charge >= 0.3 is 0 Å². The topological polar surface area (TPSA) is 213 Å². The minimum absolute atomic E-state index is 0.00374. The molecule has 244 valence electrons. The van der Waals surface area contributed by atoms with Crippen molar-refractivity contribution < 1.29 is 48.6 Å². The third-order valence-corrected chi connectivity index (χ3v) is 6.10. The number of nitrogens with zero attached hydrogens (tertiary/aromatic N) is 2. The number of carboxylic acids is 1. The first-order valence-electron chi connectivity index (χ1n) is 13.5. The van der Waals surface area contributed by atoms with E-state index in [1.165, 1.54) is 6.92 Å². The van der Waals surface area contributed by atoms with Gasteiger partial charge in [0.15, 0.2) is 0 Å². The van der Waals surface area contributed by atoms with Crippen LogP contribution >= 0.6 is 25.3 Å². The summed E-state index contributed by atoms with van der Waals surface area (Å²) in [7, 11) is 12.1. The molecule has 0 aliphatic rings. The smallest absolute Gasteiger partial charge is 0.243 e. The van der Waals surface area contributed by atoms with Crippen LogP contribution in [0.2, 0.25) is 0 Å². The van der Waals surface area contributed by atoms with Crippen LogP contribution in [0.15, 0.2) is 0 Å². The number of carbonyl (C=O) groups excluding carboxylic acids is 6. The van der Waals surface area contributed by atoms with Crippen LogP contribution in [0, 0.1) is 0 Å². The number of rotatable bonds is 18. The maximum absolute atomic E-state index is 12.0. The van der Waals surface area contributed by atoms with Gasteiger partial charge in [0, 0.05) is 31.3 Å². The van der Waals surface area contributed by atoms with Crippen LogP contribution in [0.1, 0.15) is 19.8 Å². The van der Waals surface area contributed by atoms with Crippen molar-refractivity contribution in [2.24, 2.45) is 0 Å². The maximum Gasteiger partial charge on any atom is 0.243 e. The van der Waals surface area contributed by atoms with Gasteiger partial charge in [0.2, 0.25) is 29.5 Å². The molecule has 0 fully saturated rings. The van der Waals surface area contributed by atoms with Crippen molar-refractivity contribution in [2.45, 2.75) is 37.9 Å². The molecule has 0 spiro atoms. The molecule has 8 N–H and O–H groups in total. The highest BCUT2D eigenvalue weighted by atomic mass is 32.1. The van der Waals surface area contributed by atoms with Crippen molar-refractivity contribution in [3.8, 4) is 0 Å². The first-order valence-corrected chi connectivity index (χ1v) is 14.7. The molecule has 15 nitrogen and oxygen atoms in total.